The van der Waals surface area contributed by atoms with Gasteiger partial charge in [-0.2, -0.15) is 0 Å². The number of nitrogens with zero attached hydrogens (tertiary/aromatic N) is 2. The van der Waals surface area contributed by atoms with Crippen LogP contribution in [0.3, 0.4) is 0 Å². The summed E-state index contributed by atoms with van der Waals surface area (Å²) in [7, 11) is -3.96. The van der Waals surface area contributed by atoms with Gasteiger partial charge in [-0.3, -0.25) is 13.9 Å². The Balaban J connectivity index is 2.09. The molecule has 10 heteroatoms. The number of rotatable bonds is 10. The molecule has 1 N–H and O–H groups in total. The molecule has 2 amide bonds. The first kappa shape index (κ1) is 31.5. The lowest BCUT2D eigenvalue weighted by atomic mass is 10.0. The topological polar surface area (TPSA) is 86.8 Å². The number of nitrogens with one attached hydrogen (secondary N) is 1. The molecule has 0 aliphatic heterocycles. The monoisotopic (exact) mass is 603 g/mol. The van der Waals surface area contributed by atoms with Crippen LogP contribution in [0.5, 0.6) is 0 Å². The number of hydrogen-bond donors (Lipinski definition) is 1. The quantitative estimate of drug-likeness (QED) is 0.326. The second kappa shape index (κ2) is 13.1. The molecule has 0 spiro atoms. The maximum absolute atomic E-state index is 14.1. The summed E-state index contributed by atoms with van der Waals surface area (Å²) in [6.07, 6.45) is 1.23. The number of carbonyl (C=O) groups excluding carboxylic acids is 2. The maximum atomic E-state index is 14.1. The average Bonchev–Trinajstić information content (AvgIpc) is 2.86. The summed E-state index contributed by atoms with van der Waals surface area (Å²) >= 11 is 12.5. The van der Waals surface area contributed by atoms with E-state index in [1.54, 1.807) is 6.07 Å². The van der Waals surface area contributed by atoms with Gasteiger partial charge in [0.1, 0.15) is 12.6 Å². The molecule has 40 heavy (non-hydrogen) atoms. The lowest BCUT2D eigenvalue weighted by Crippen LogP contribution is -2.56. The number of hydrogen-bond acceptors (Lipinski definition) is 4. The summed E-state index contributed by atoms with van der Waals surface area (Å²) in [5.74, 6) is -0.907. The number of sulfonamides is 1. The van der Waals surface area contributed by atoms with Gasteiger partial charge in [0.2, 0.25) is 21.8 Å². The summed E-state index contributed by atoms with van der Waals surface area (Å²) < 4.78 is 26.7. The van der Waals surface area contributed by atoms with E-state index in [0.29, 0.717) is 0 Å². The molecule has 7 nitrogen and oxygen atoms in total. The average molecular weight is 605 g/mol. The fraction of sp³-hybridized carbons (Fsp3) is 0.333. The minimum Gasteiger partial charge on any atom is -0.350 e. The Hall–Kier alpha value is -3.07. The van der Waals surface area contributed by atoms with Gasteiger partial charge in [-0.15, -0.1) is 0 Å². The van der Waals surface area contributed by atoms with E-state index in [-0.39, 0.29) is 34.6 Å². The number of anilines is 1. The molecule has 3 aromatic rings. The second-order valence-electron chi connectivity index (χ2n) is 10.8. The molecule has 214 valence electrons. The van der Waals surface area contributed by atoms with Crippen LogP contribution in [0.4, 0.5) is 5.69 Å². The summed E-state index contributed by atoms with van der Waals surface area (Å²) in [5.41, 5.74) is 2.23. The van der Waals surface area contributed by atoms with Crippen LogP contribution in [-0.4, -0.2) is 49.5 Å². The highest BCUT2D eigenvalue weighted by molar-refractivity contribution is 7.92. The zero-order valence-electron chi connectivity index (χ0n) is 23.3. The van der Waals surface area contributed by atoms with Crippen LogP contribution in [0, 0.1) is 6.92 Å². The lowest BCUT2D eigenvalue weighted by molar-refractivity contribution is -0.140. The van der Waals surface area contributed by atoms with Crippen LogP contribution in [0.15, 0.2) is 72.8 Å². The highest BCUT2D eigenvalue weighted by atomic mass is 35.5. The van der Waals surface area contributed by atoms with Gasteiger partial charge < -0.3 is 10.2 Å². The van der Waals surface area contributed by atoms with Crippen LogP contribution < -0.4 is 9.62 Å². The van der Waals surface area contributed by atoms with Gasteiger partial charge in [0.15, 0.2) is 0 Å². The van der Waals surface area contributed by atoms with Crippen LogP contribution in [0.2, 0.25) is 10.0 Å². The third-order valence-corrected chi connectivity index (χ3v) is 8.06. The van der Waals surface area contributed by atoms with Crippen LogP contribution in [0.25, 0.3) is 0 Å². The van der Waals surface area contributed by atoms with Gasteiger partial charge >= 0.3 is 0 Å². The third-order valence-electron chi connectivity index (χ3n) is 6.12. The van der Waals surface area contributed by atoms with Gasteiger partial charge in [-0.05, 0) is 51.0 Å². The molecule has 0 aliphatic rings. The molecule has 3 rings (SSSR count). The highest BCUT2D eigenvalue weighted by Crippen LogP contribution is 2.34. The van der Waals surface area contributed by atoms with E-state index in [2.05, 4.69) is 5.32 Å². The van der Waals surface area contributed by atoms with Gasteiger partial charge in [0, 0.05) is 18.5 Å². The number of amides is 2. The van der Waals surface area contributed by atoms with Crippen LogP contribution in [-0.2, 0) is 32.6 Å². The van der Waals surface area contributed by atoms with Crippen molar-refractivity contribution in [3.8, 4) is 0 Å². The predicted molar refractivity (Wildman–Crippen MR) is 162 cm³/mol. The Morgan fingerprint density at radius 1 is 0.900 bits per heavy atom. The van der Waals surface area contributed by atoms with E-state index in [1.807, 2.05) is 82.3 Å². The fourth-order valence-corrected chi connectivity index (χ4v) is 5.48. The van der Waals surface area contributed by atoms with E-state index in [0.717, 1.165) is 27.3 Å². The lowest BCUT2D eigenvalue weighted by Gasteiger charge is -2.35. The standard InChI is InChI=1S/C30H35Cl2N3O4S/c1-21-14-16-23(17-15-21)19-34(26(29(37)33-30(2,3)4)18-22-10-7-6-8-11-22)27(36)20-35(40(5,38)39)25-13-9-12-24(31)28(25)32/h6-17,26H,18-20H2,1-5H3,(H,33,37)/t26-/m0/s1. The van der Waals surface area contributed by atoms with E-state index in [1.165, 1.54) is 17.0 Å². The molecule has 0 bridgehead atoms. The first-order valence-electron chi connectivity index (χ1n) is 12.8. The SMILES string of the molecule is Cc1ccc(CN(C(=O)CN(c2cccc(Cl)c2Cl)S(C)(=O)=O)[C@@H](Cc2ccccc2)C(=O)NC(C)(C)C)cc1. The Morgan fingerprint density at radius 2 is 1.52 bits per heavy atom. The molecule has 0 fully saturated rings. The molecule has 0 radical (unpaired) electrons. The first-order valence-corrected chi connectivity index (χ1v) is 15.4. The third kappa shape index (κ3) is 8.71. The molecule has 0 aromatic heterocycles. The Labute approximate surface area is 247 Å². The zero-order valence-corrected chi connectivity index (χ0v) is 25.6. The number of aryl methyl sites for hydroxylation is 1. The van der Waals surface area contributed by atoms with E-state index in [4.69, 9.17) is 23.2 Å². The Kier molecular flexibility index (Phi) is 10.3. The van der Waals surface area contributed by atoms with Crippen molar-refractivity contribution >= 4 is 50.7 Å². The van der Waals surface area contributed by atoms with Crippen LogP contribution >= 0.6 is 23.2 Å². The van der Waals surface area contributed by atoms with Crippen molar-refractivity contribution in [1.82, 2.24) is 10.2 Å². The van der Waals surface area contributed by atoms with E-state index in [9.17, 15) is 18.0 Å². The van der Waals surface area contributed by atoms with Crippen molar-refractivity contribution in [2.24, 2.45) is 0 Å². The maximum Gasteiger partial charge on any atom is 0.244 e. The van der Waals surface area contributed by atoms with Crippen molar-refractivity contribution in [2.75, 3.05) is 17.1 Å². The summed E-state index contributed by atoms with van der Waals surface area (Å²) in [4.78, 5) is 29.3. The minimum absolute atomic E-state index is 0.0128. The van der Waals surface area contributed by atoms with E-state index >= 15 is 0 Å². The van der Waals surface area contributed by atoms with Gasteiger partial charge in [-0.25, -0.2) is 8.42 Å². The normalized spacial score (nSPS) is 12.5. The molecule has 0 heterocycles. The van der Waals surface area contributed by atoms with Gasteiger partial charge in [0.05, 0.1) is 22.0 Å². The predicted octanol–water partition coefficient (Wildman–Crippen LogP) is 5.62. The number of benzene rings is 3. The molecule has 0 unspecified atom stereocenters. The zero-order chi connectivity index (χ0) is 29.7. The van der Waals surface area contributed by atoms with Crippen molar-refractivity contribution in [1.29, 1.82) is 0 Å². The fourth-order valence-electron chi connectivity index (χ4n) is 4.18. The molecule has 3 aromatic carbocycles. The molecular weight excluding hydrogens is 569 g/mol. The van der Waals surface area contributed by atoms with Crippen molar-refractivity contribution in [2.45, 2.75) is 52.2 Å². The van der Waals surface area contributed by atoms with Crippen molar-refractivity contribution in [3.63, 3.8) is 0 Å². The number of halogens is 2. The molecule has 0 saturated heterocycles. The Morgan fingerprint density at radius 3 is 2.10 bits per heavy atom. The van der Waals surface area contributed by atoms with Crippen molar-refractivity contribution < 1.29 is 18.0 Å². The minimum atomic E-state index is -3.96. The molecule has 0 aliphatic carbocycles. The highest BCUT2D eigenvalue weighted by Gasteiger charge is 2.34. The second-order valence-corrected chi connectivity index (χ2v) is 13.5. The van der Waals surface area contributed by atoms with E-state index < -0.39 is 34.1 Å². The number of carbonyl (C=O) groups is 2. The van der Waals surface area contributed by atoms with Gasteiger partial charge in [0.25, 0.3) is 0 Å². The summed E-state index contributed by atoms with van der Waals surface area (Å²) in [6.45, 7) is 7.07. The van der Waals surface area contributed by atoms with Crippen LogP contribution in [0.1, 0.15) is 37.5 Å². The van der Waals surface area contributed by atoms with Crippen molar-refractivity contribution in [3.05, 3.63) is 99.5 Å². The summed E-state index contributed by atoms with van der Waals surface area (Å²) in [5, 5.41) is 3.17. The largest absolute Gasteiger partial charge is 0.350 e. The van der Waals surface area contributed by atoms with Gasteiger partial charge in [-0.1, -0.05) is 89.4 Å². The Bertz CT molecular complexity index is 1440. The first-order chi connectivity index (χ1) is 18.7. The summed E-state index contributed by atoms with van der Waals surface area (Å²) in [6, 6.07) is 20.7. The molecular formula is C30H35Cl2N3O4S. The molecule has 1 atom stereocenters. The molecule has 0 saturated carbocycles. The smallest absolute Gasteiger partial charge is 0.244 e.